The Balaban J connectivity index is 1.62. The Morgan fingerprint density at radius 2 is 2.20 bits per heavy atom. The SMILES string of the molecule is N#Cc1cccc(OCC2Cc3cc(F)ccc3O2)c1. The molecule has 3 rings (SSSR count). The second-order valence-corrected chi connectivity index (χ2v) is 4.65. The van der Waals surface area contributed by atoms with Gasteiger partial charge in [0.15, 0.2) is 0 Å². The van der Waals surface area contributed by atoms with Gasteiger partial charge in [0, 0.05) is 12.0 Å². The quantitative estimate of drug-likeness (QED) is 0.860. The van der Waals surface area contributed by atoms with Crippen LogP contribution < -0.4 is 9.47 Å². The van der Waals surface area contributed by atoms with E-state index in [1.807, 2.05) is 0 Å². The monoisotopic (exact) mass is 269 g/mol. The second kappa shape index (κ2) is 5.22. The summed E-state index contributed by atoms with van der Waals surface area (Å²) in [5.41, 5.74) is 1.42. The Morgan fingerprint density at radius 3 is 3.05 bits per heavy atom. The van der Waals surface area contributed by atoms with Crippen molar-refractivity contribution in [2.75, 3.05) is 6.61 Å². The molecule has 0 saturated heterocycles. The van der Waals surface area contributed by atoms with Crippen LogP contribution in [0.2, 0.25) is 0 Å². The van der Waals surface area contributed by atoms with Gasteiger partial charge in [0.1, 0.15) is 30.0 Å². The first-order valence-electron chi connectivity index (χ1n) is 6.32. The first-order valence-corrected chi connectivity index (χ1v) is 6.32. The van der Waals surface area contributed by atoms with Crippen molar-refractivity contribution in [3.63, 3.8) is 0 Å². The highest BCUT2D eigenvalue weighted by atomic mass is 19.1. The molecule has 1 aliphatic heterocycles. The highest BCUT2D eigenvalue weighted by Crippen LogP contribution is 2.29. The van der Waals surface area contributed by atoms with Crippen molar-refractivity contribution < 1.29 is 13.9 Å². The number of fused-ring (bicyclic) bond motifs is 1. The fraction of sp³-hybridized carbons (Fsp3) is 0.188. The lowest BCUT2D eigenvalue weighted by Crippen LogP contribution is -2.22. The molecular weight excluding hydrogens is 257 g/mol. The Morgan fingerprint density at radius 1 is 1.30 bits per heavy atom. The molecule has 0 N–H and O–H groups in total. The van der Waals surface area contributed by atoms with Crippen LogP contribution in [-0.4, -0.2) is 12.7 Å². The third-order valence-corrected chi connectivity index (χ3v) is 3.16. The average molecular weight is 269 g/mol. The van der Waals surface area contributed by atoms with Gasteiger partial charge in [0.2, 0.25) is 0 Å². The summed E-state index contributed by atoms with van der Waals surface area (Å²) in [4.78, 5) is 0. The highest BCUT2D eigenvalue weighted by Gasteiger charge is 2.23. The van der Waals surface area contributed by atoms with Gasteiger partial charge >= 0.3 is 0 Å². The molecule has 0 fully saturated rings. The highest BCUT2D eigenvalue weighted by molar-refractivity contribution is 5.38. The van der Waals surface area contributed by atoms with Gasteiger partial charge in [-0.2, -0.15) is 5.26 Å². The van der Waals surface area contributed by atoms with Gasteiger partial charge in [-0.1, -0.05) is 6.07 Å². The van der Waals surface area contributed by atoms with E-state index in [1.54, 1.807) is 30.3 Å². The molecule has 0 aromatic heterocycles. The fourth-order valence-corrected chi connectivity index (χ4v) is 2.23. The van der Waals surface area contributed by atoms with Crippen LogP contribution in [0.5, 0.6) is 11.5 Å². The molecule has 2 aromatic carbocycles. The number of nitriles is 1. The van der Waals surface area contributed by atoms with Crippen LogP contribution in [0.25, 0.3) is 0 Å². The van der Waals surface area contributed by atoms with Gasteiger partial charge in [-0.3, -0.25) is 0 Å². The molecular formula is C16H12FNO2. The number of ether oxygens (including phenoxy) is 2. The molecule has 100 valence electrons. The number of nitrogens with zero attached hydrogens (tertiary/aromatic N) is 1. The van der Waals surface area contributed by atoms with Crippen LogP contribution in [0.4, 0.5) is 4.39 Å². The van der Waals surface area contributed by atoms with Crippen LogP contribution in [0, 0.1) is 17.1 Å². The maximum Gasteiger partial charge on any atom is 0.137 e. The van der Waals surface area contributed by atoms with Gasteiger partial charge in [0.25, 0.3) is 0 Å². The summed E-state index contributed by atoms with van der Waals surface area (Å²) in [7, 11) is 0. The molecule has 0 amide bonds. The summed E-state index contributed by atoms with van der Waals surface area (Å²) in [6.45, 7) is 0.366. The van der Waals surface area contributed by atoms with Gasteiger partial charge in [-0.05, 0) is 36.4 Å². The van der Waals surface area contributed by atoms with E-state index in [4.69, 9.17) is 14.7 Å². The maximum atomic E-state index is 13.1. The molecule has 2 aromatic rings. The molecule has 1 aliphatic rings. The fourth-order valence-electron chi connectivity index (χ4n) is 2.23. The van der Waals surface area contributed by atoms with Crippen molar-refractivity contribution in [2.45, 2.75) is 12.5 Å². The van der Waals surface area contributed by atoms with Crippen molar-refractivity contribution in [2.24, 2.45) is 0 Å². The number of hydrogen-bond donors (Lipinski definition) is 0. The molecule has 20 heavy (non-hydrogen) atoms. The minimum Gasteiger partial charge on any atom is -0.490 e. The van der Waals surface area contributed by atoms with E-state index in [9.17, 15) is 4.39 Å². The summed E-state index contributed by atoms with van der Waals surface area (Å²) in [5, 5.41) is 8.82. The summed E-state index contributed by atoms with van der Waals surface area (Å²) < 4.78 is 24.4. The first kappa shape index (κ1) is 12.5. The molecule has 0 aliphatic carbocycles. The Bertz CT molecular complexity index is 678. The minimum atomic E-state index is -0.254. The smallest absolute Gasteiger partial charge is 0.137 e. The van der Waals surface area contributed by atoms with E-state index >= 15 is 0 Å². The second-order valence-electron chi connectivity index (χ2n) is 4.65. The largest absolute Gasteiger partial charge is 0.490 e. The third kappa shape index (κ3) is 2.57. The van der Waals surface area contributed by atoms with E-state index in [1.165, 1.54) is 12.1 Å². The molecule has 1 atom stereocenters. The van der Waals surface area contributed by atoms with Crippen molar-refractivity contribution in [3.05, 3.63) is 59.4 Å². The van der Waals surface area contributed by atoms with Crippen LogP contribution >= 0.6 is 0 Å². The van der Waals surface area contributed by atoms with Crippen LogP contribution in [0.1, 0.15) is 11.1 Å². The van der Waals surface area contributed by atoms with Gasteiger partial charge in [-0.25, -0.2) is 4.39 Å². The summed E-state index contributed by atoms with van der Waals surface area (Å²) >= 11 is 0. The predicted octanol–water partition coefficient (Wildman–Crippen LogP) is 3.08. The predicted molar refractivity (Wildman–Crippen MR) is 71.2 cm³/mol. The Labute approximate surface area is 116 Å². The maximum absolute atomic E-state index is 13.1. The molecule has 0 spiro atoms. The lowest BCUT2D eigenvalue weighted by Gasteiger charge is -2.12. The summed E-state index contributed by atoms with van der Waals surface area (Å²) in [6, 6.07) is 13.5. The third-order valence-electron chi connectivity index (χ3n) is 3.16. The normalized spacial score (nSPS) is 16.1. The van der Waals surface area contributed by atoms with E-state index in [-0.39, 0.29) is 11.9 Å². The molecule has 0 saturated carbocycles. The van der Waals surface area contributed by atoms with E-state index in [0.717, 1.165) is 5.56 Å². The van der Waals surface area contributed by atoms with Crippen LogP contribution in [-0.2, 0) is 6.42 Å². The zero-order chi connectivity index (χ0) is 13.9. The number of benzene rings is 2. The molecule has 4 heteroatoms. The zero-order valence-electron chi connectivity index (χ0n) is 10.7. The number of rotatable bonds is 3. The topological polar surface area (TPSA) is 42.2 Å². The van der Waals surface area contributed by atoms with E-state index in [2.05, 4.69) is 6.07 Å². The molecule has 0 radical (unpaired) electrons. The Kier molecular flexibility index (Phi) is 3.26. The average Bonchev–Trinajstić information content (AvgIpc) is 2.87. The van der Waals surface area contributed by atoms with Crippen molar-refractivity contribution in [1.82, 2.24) is 0 Å². The molecule has 0 bridgehead atoms. The van der Waals surface area contributed by atoms with Crippen molar-refractivity contribution in [3.8, 4) is 17.6 Å². The standard InChI is InChI=1S/C16H12FNO2/c17-13-4-5-16-12(7-13)8-15(20-16)10-19-14-3-1-2-11(6-14)9-18/h1-7,15H,8,10H2. The lowest BCUT2D eigenvalue weighted by molar-refractivity contribution is 0.148. The molecule has 1 heterocycles. The first-order chi connectivity index (χ1) is 9.74. The lowest BCUT2D eigenvalue weighted by atomic mass is 10.1. The van der Waals surface area contributed by atoms with Crippen molar-refractivity contribution in [1.29, 1.82) is 5.26 Å². The van der Waals surface area contributed by atoms with Crippen LogP contribution in [0.15, 0.2) is 42.5 Å². The summed E-state index contributed by atoms with van der Waals surface area (Å²) in [5.74, 6) is 1.09. The van der Waals surface area contributed by atoms with Gasteiger partial charge in [-0.15, -0.1) is 0 Å². The van der Waals surface area contributed by atoms with E-state index < -0.39 is 0 Å². The van der Waals surface area contributed by atoms with E-state index in [0.29, 0.717) is 30.1 Å². The number of hydrogen-bond acceptors (Lipinski definition) is 3. The zero-order valence-corrected chi connectivity index (χ0v) is 10.7. The molecule has 1 unspecified atom stereocenters. The Hall–Kier alpha value is -2.54. The van der Waals surface area contributed by atoms with Crippen LogP contribution in [0.3, 0.4) is 0 Å². The van der Waals surface area contributed by atoms with Gasteiger partial charge < -0.3 is 9.47 Å². The number of halogens is 1. The summed E-state index contributed by atoms with van der Waals surface area (Å²) in [6.07, 6.45) is 0.503. The van der Waals surface area contributed by atoms with Crippen molar-refractivity contribution >= 4 is 0 Å². The molecule has 3 nitrogen and oxygen atoms in total. The van der Waals surface area contributed by atoms with Gasteiger partial charge in [0.05, 0.1) is 11.6 Å². The minimum absolute atomic E-state index is 0.127.